The molecule has 3 aliphatic rings. The van der Waals surface area contributed by atoms with Crippen LogP contribution in [-0.2, 0) is 27.6 Å². The molecule has 0 N–H and O–H groups in total. The normalized spacial score (nSPS) is 35.3. The molecule has 5 heterocycles. The van der Waals surface area contributed by atoms with Crippen LogP contribution in [0.15, 0.2) is 6.33 Å². The third-order valence-electron chi connectivity index (χ3n) is 5.65. The van der Waals surface area contributed by atoms with Crippen LogP contribution in [0.1, 0.15) is 39.2 Å². The average Bonchev–Trinajstić information content (AvgIpc) is 3.23. The maximum absolute atomic E-state index is 13.1. The molecule has 31 heavy (non-hydrogen) atoms. The van der Waals surface area contributed by atoms with Crippen LogP contribution >= 0.6 is 7.82 Å². The van der Waals surface area contributed by atoms with Gasteiger partial charge in [0.05, 0.1) is 33.3 Å². The second kappa shape index (κ2) is 7.19. The van der Waals surface area contributed by atoms with Crippen molar-refractivity contribution in [1.82, 2.24) is 19.5 Å². The van der Waals surface area contributed by atoms with Gasteiger partial charge in [-0.3, -0.25) is 18.1 Å². The van der Waals surface area contributed by atoms with E-state index in [0.717, 1.165) is 0 Å². The summed E-state index contributed by atoms with van der Waals surface area (Å²) in [6, 6.07) is 0. The predicted octanol–water partition coefficient (Wildman–Crippen LogP) is 2.79. The summed E-state index contributed by atoms with van der Waals surface area (Å²) in [6.07, 6.45) is 0.640. The maximum atomic E-state index is 13.1. The Balaban J connectivity index is 1.48. The van der Waals surface area contributed by atoms with Crippen LogP contribution in [0.5, 0.6) is 5.88 Å². The van der Waals surface area contributed by atoms with Gasteiger partial charge in [0.1, 0.15) is 23.6 Å². The van der Waals surface area contributed by atoms with E-state index in [1.807, 2.05) is 20.8 Å². The monoisotopic (exact) mass is 454 g/mol. The van der Waals surface area contributed by atoms with E-state index in [0.29, 0.717) is 35.9 Å². The van der Waals surface area contributed by atoms with E-state index in [9.17, 15) is 4.57 Å². The first-order valence-corrected chi connectivity index (χ1v) is 11.7. The molecule has 0 radical (unpaired) electrons. The molecule has 3 saturated heterocycles. The summed E-state index contributed by atoms with van der Waals surface area (Å²) in [6.45, 7) is 8.60. The number of hydrogen-bond acceptors (Lipinski definition) is 10. The summed E-state index contributed by atoms with van der Waals surface area (Å²) in [5.74, 6) is 0.935. The van der Waals surface area contributed by atoms with Gasteiger partial charge in [0.25, 0.3) is 0 Å². The zero-order valence-electron chi connectivity index (χ0n) is 18.2. The zero-order valence-corrected chi connectivity index (χ0v) is 19.1. The van der Waals surface area contributed by atoms with E-state index in [1.165, 1.54) is 7.11 Å². The van der Waals surface area contributed by atoms with Crippen molar-refractivity contribution in [3.63, 3.8) is 0 Å². The number of fused-ring (bicyclic) bond motifs is 3. The third-order valence-corrected chi connectivity index (χ3v) is 7.04. The number of ether oxygens (including phenoxy) is 3. The van der Waals surface area contributed by atoms with Crippen molar-refractivity contribution in [1.29, 1.82) is 0 Å². The molecular formula is C19H27N4O7P. The lowest BCUT2D eigenvalue weighted by molar-refractivity contribution is -0.224. The topological polar surface area (TPSA) is 116 Å². The Morgan fingerprint density at radius 1 is 1.35 bits per heavy atom. The van der Waals surface area contributed by atoms with Crippen LogP contribution in [0.4, 0.5) is 0 Å². The summed E-state index contributed by atoms with van der Waals surface area (Å²) in [7, 11) is -2.20. The lowest BCUT2D eigenvalue weighted by atomic mass is 9.86. The van der Waals surface area contributed by atoms with Crippen LogP contribution in [0.3, 0.4) is 0 Å². The molecule has 3 unspecified atom stereocenters. The largest absolute Gasteiger partial charge is 0.479 e. The molecule has 2 aromatic heterocycles. The van der Waals surface area contributed by atoms with Crippen molar-refractivity contribution in [3.05, 3.63) is 12.2 Å². The fraction of sp³-hybridized carbons (Fsp3) is 0.737. The Labute approximate surface area is 180 Å². The molecule has 1 spiro atoms. The highest BCUT2D eigenvalue weighted by Crippen LogP contribution is 2.62. The summed E-state index contributed by atoms with van der Waals surface area (Å²) in [4.78, 5) is 13.2. The lowest BCUT2D eigenvalue weighted by Crippen LogP contribution is -2.58. The number of hydrogen-bond donors (Lipinski definition) is 0. The highest BCUT2D eigenvalue weighted by molar-refractivity contribution is 7.48. The van der Waals surface area contributed by atoms with Crippen LogP contribution in [0.2, 0.25) is 0 Å². The van der Waals surface area contributed by atoms with E-state index >= 15 is 0 Å². The Kier molecular flexibility index (Phi) is 4.93. The number of phosphoric ester groups is 1. The van der Waals surface area contributed by atoms with E-state index in [4.69, 9.17) is 27.8 Å². The van der Waals surface area contributed by atoms with Gasteiger partial charge in [-0.15, -0.1) is 0 Å². The summed E-state index contributed by atoms with van der Waals surface area (Å²) >= 11 is 0. The summed E-state index contributed by atoms with van der Waals surface area (Å²) < 4.78 is 49.7. The van der Waals surface area contributed by atoms with Crippen LogP contribution in [0, 0.1) is 12.3 Å². The fourth-order valence-electron chi connectivity index (χ4n) is 4.13. The van der Waals surface area contributed by atoms with Crippen LogP contribution in [0.25, 0.3) is 11.2 Å². The molecule has 0 aliphatic carbocycles. The number of aryl methyl sites for hydroxylation is 1. The Bertz CT molecular complexity index is 1050. The molecule has 3 aliphatic heterocycles. The number of methoxy groups -OCH3 is 1. The molecular weight excluding hydrogens is 427 g/mol. The first-order valence-electron chi connectivity index (χ1n) is 10.3. The van der Waals surface area contributed by atoms with E-state index < -0.39 is 31.9 Å². The molecule has 0 amide bonds. The number of imidazole rings is 1. The molecule has 3 fully saturated rings. The molecule has 170 valence electrons. The Morgan fingerprint density at radius 2 is 2.13 bits per heavy atom. The summed E-state index contributed by atoms with van der Waals surface area (Å²) in [5, 5.41) is 0. The van der Waals surface area contributed by atoms with Gasteiger partial charge >= 0.3 is 7.82 Å². The average molecular weight is 454 g/mol. The number of nitrogens with zero attached hydrogens (tertiary/aromatic N) is 4. The molecule has 5 rings (SSSR count). The van der Waals surface area contributed by atoms with E-state index in [-0.39, 0.29) is 18.6 Å². The first-order chi connectivity index (χ1) is 14.6. The van der Waals surface area contributed by atoms with Crippen molar-refractivity contribution >= 4 is 19.0 Å². The molecule has 0 bridgehead atoms. The van der Waals surface area contributed by atoms with E-state index in [1.54, 1.807) is 17.8 Å². The van der Waals surface area contributed by atoms with E-state index in [2.05, 4.69) is 15.0 Å². The quantitative estimate of drug-likeness (QED) is 0.639. The number of rotatable bonds is 4. The van der Waals surface area contributed by atoms with Gasteiger partial charge in [-0.1, -0.05) is 20.8 Å². The van der Waals surface area contributed by atoms with Crippen molar-refractivity contribution in [2.75, 3.05) is 26.9 Å². The minimum atomic E-state index is -3.74. The second-order valence-electron chi connectivity index (χ2n) is 9.29. The molecule has 11 nitrogen and oxygen atoms in total. The minimum absolute atomic E-state index is 0.0810. The van der Waals surface area contributed by atoms with Crippen LogP contribution < -0.4 is 4.74 Å². The lowest BCUT2D eigenvalue weighted by Gasteiger charge is -2.46. The third kappa shape index (κ3) is 3.48. The number of aromatic nitrogens is 4. The fourth-order valence-corrected chi connectivity index (χ4v) is 5.80. The SMILES string of the molecule is COc1nc(C)nc2c1ncn2C1OC2COP(=O)(OCC(C)(C)C)O[C@H]2[C@]12CCO2. The zero-order chi connectivity index (χ0) is 22.0. The first kappa shape index (κ1) is 21.2. The molecule has 2 aromatic rings. The molecule has 5 atom stereocenters. The molecule has 12 heteroatoms. The van der Waals surface area contributed by atoms with Gasteiger partial charge < -0.3 is 14.2 Å². The van der Waals surface area contributed by atoms with Crippen molar-refractivity contribution < 1.29 is 32.3 Å². The Morgan fingerprint density at radius 3 is 2.77 bits per heavy atom. The van der Waals surface area contributed by atoms with Crippen molar-refractivity contribution in [2.24, 2.45) is 5.41 Å². The maximum Gasteiger partial charge on any atom is 0.475 e. The highest BCUT2D eigenvalue weighted by Gasteiger charge is 2.66. The summed E-state index contributed by atoms with van der Waals surface area (Å²) in [5.41, 5.74) is 0.0649. The standard InChI is InChI=1S/C19H27N4O7P/c1-11-21-15-13(16(22-11)25-5)20-10-23(15)17-19(6-7-26-19)14-12(29-17)8-27-31(24,30-14)28-9-18(2,3)4/h10,12,14,17H,6-9H2,1-5H3/t12?,14-,17?,19-,31?/m1/s1. The van der Waals surface area contributed by atoms with Gasteiger partial charge in [-0.05, 0) is 12.3 Å². The predicted molar refractivity (Wildman–Crippen MR) is 108 cm³/mol. The van der Waals surface area contributed by atoms with Gasteiger partial charge in [0.2, 0.25) is 5.88 Å². The van der Waals surface area contributed by atoms with Crippen LogP contribution in [-0.4, -0.2) is 64.3 Å². The smallest absolute Gasteiger partial charge is 0.475 e. The second-order valence-corrected chi connectivity index (χ2v) is 10.9. The van der Waals surface area contributed by atoms with Gasteiger partial charge in [-0.2, -0.15) is 4.98 Å². The number of phosphoric acid groups is 1. The van der Waals surface area contributed by atoms with Crippen molar-refractivity contribution in [3.8, 4) is 5.88 Å². The molecule has 0 saturated carbocycles. The molecule has 0 aromatic carbocycles. The van der Waals surface area contributed by atoms with Gasteiger partial charge in [-0.25, -0.2) is 14.5 Å². The highest BCUT2D eigenvalue weighted by atomic mass is 31.2. The van der Waals surface area contributed by atoms with Crippen molar-refractivity contribution in [2.45, 2.75) is 58.2 Å². The Hall–Kier alpha value is -1.62. The van der Waals surface area contributed by atoms with Gasteiger partial charge in [0, 0.05) is 6.42 Å². The van der Waals surface area contributed by atoms with Gasteiger partial charge in [0.15, 0.2) is 17.4 Å². The minimum Gasteiger partial charge on any atom is -0.479 e.